The molecular formula is C60H41Cl3N6O10. The van der Waals surface area contributed by atoms with Crippen LogP contribution in [-0.2, 0) is 22.7 Å². The summed E-state index contributed by atoms with van der Waals surface area (Å²) >= 11 is 20.1. The minimum atomic E-state index is -1.22. The van der Waals surface area contributed by atoms with Crippen LogP contribution >= 0.6 is 34.8 Å². The smallest absolute Gasteiger partial charge is 0.335 e. The van der Waals surface area contributed by atoms with Gasteiger partial charge in [0.2, 0.25) is 0 Å². The molecule has 0 spiro atoms. The van der Waals surface area contributed by atoms with Gasteiger partial charge < -0.3 is 29.7 Å². The van der Waals surface area contributed by atoms with Crippen molar-refractivity contribution in [1.29, 1.82) is 0 Å². The molecular weight excluding hydrogens is 1070 g/mol. The third-order valence-electron chi connectivity index (χ3n) is 12.9. The van der Waals surface area contributed by atoms with Crippen molar-refractivity contribution in [3.63, 3.8) is 0 Å². The third kappa shape index (κ3) is 11.0. The zero-order valence-electron chi connectivity index (χ0n) is 41.6. The normalized spacial score (nSPS) is 14.2. The lowest BCUT2D eigenvalue weighted by molar-refractivity contribution is -0.115. The lowest BCUT2D eigenvalue weighted by Crippen LogP contribution is -2.23. The highest BCUT2D eigenvalue weighted by atomic mass is 35.5. The van der Waals surface area contributed by atoms with Gasteiger partial charge in [-0.25, -0.2) is 9.59 Å². The van der Waals surface area contributed by atoms with E-state index in [0.29, 0.717) is 63.3 Å². The van der Waals surface area contributed by atoms with Gasteiger partial charge in [0.05, 0.1) is 71.3 Å². The molecule has 0 saturated heterocycles. The van der Waals surface area contributed by atoms with Crippen LogP contribution in [0.5, 0.6) is 0 Å². The fraction of sp³-hybridized carbons (Fsp3) is 0.0667. The van der Waals surface area contributed by atoms with Gasteiger partial charge in [0.15, 0.2) is 0 Å². The number of benzene rings is 6. The summed E-state index contributed by atoms with van der Waals surface area (Å²) < 4.78 is 12.2. The van der Waals surface area contributed by atoms with Crippen LogP contribution in [0, 0.1) is 0 Å². The van der Waals surface area contributed by atoms with Crippen LogP contribution in [-0.4, -0.2) is 57.2 Å². The summed E-state index contributed by atoms with van der Waals surface area (Å²) in [5.41, 5.74) is 5.02. The molecule has 0 radical (unpaired) electrons. The molecule has 4 heterocycles. The summed E-state index contributed by atoms with van der Waals surface area (Å²) in [6.07, 6.45) is 3.07. The number of rotatable bonds is 15. The lowest BCUT2D eigenvalue weighted by Gasteiger charge is -2.19. The molecule has 4 amide bonds. The number of halogens is 3. The molecule has 0 atom stereocenters. The molecule has 0 aliphatic carbocycles. The molecule has 19 heteroatoms. The van der Waals surface area contributed by atoms with Gasteiger partial charge in [0.1, 0.15) is 23.0 Å². The van der Waals surface area contributed by atoms with E-state index in [1.165, 1.54) is 42.5 Å². The maximum atomic E-state index is 14.3. The van der Waals surface area contributed by atoms with Gasteiger partial charge in [-0.2, -0.15) is 20.2 Å². The number of hydrazone groups is 2. The van der Waals surface area contributed by atoms with Crippen molar-refractivity contribution in [2.24, 2.45) is 10.2 Å². The van der Waals surface area contributed by atoms with E-state index >= 15 is 0 Å². The molecule has 6 aromatic carbocycles. The highest BCUT2D eigenvalue weighted by Gasteiger charge is 2.33. The number of amides is 4. The van der Waals surface area contributed by atoms with Gasteiger partial charge in [-0.15, -0.1) is 0 Å². The molecule has 2 aliphatic rings. The molecule has 2 aromatic heterocycles. The van der Waals surface area contributed by atoms with Gasteiger partial charge in [-0.1, -0.05) is 89.4 Å². The number of carbonyl (C=O) groups excluding carboxylic acids is 4. The monoisotopic (exact) mass is 1110 g/mol. The highest BCUT2D eigenvalue weighted by molar-refractivity contribution is 6.36. The van der Waals surface area contributed by atoms with Crippen molar-refractivity contribution in [3.05, 3.63) is 223 Å². The first-order valence-corrected chi connectivity index (χ1v) is 25.3. The molecule has 0 fully saturated rings. The molecule has 16 nitrogen and oxygen atoms in total. The molecule has 8 aromatic rings. The summed E-state index contributed by atoms with van der Waals surface area (Å²) in [5.74, 6) is -2.89. The van der Waals surface area contributed by atoms with E-state index in [2.05, 4.69) is 20.8 Å². The minimum absolute atomic E-state index is 0.00240. The second kappa shape index (κ2) is 22.2. The van der Waals surface area contributed by atoms with Gasteiger partial charge >= 0.3 is 11.9 Å². The number of furan rings is 2. The van der Waals surface area contributed by atoms with Crippen LogP contribution in [0.4, 0.5) is 11.4 Å². The Balaban J connectivity index is 0.844. The van der Waals surface area contributed by atoms with Crippen LogP contribution in [0.15, 0.2) is 182 Å². The van der Waals surface area contributed by atoms with Crippen LogP contribution < -0.4 is 20.7 Å². The molecule has 0 unspecified atom stereocenters. The third-order valence-corrected chi connectivity index (χ3v) is 14.0. The molecule has 79 heavy (non-hydrogen) atoms. The Morgan fingerprint density at radius 3 is 1.70 bits per heavy atom. The first-order chi connectivity index (χ1) is 38.0. The maximum Gasteiger partial charge on any atom is 0.335 e. The Bertz CT molecular complexity index is 3990. The predicted molar refractivity (Wildman–Crippen MR) is 301 cm³/mol. The van der Waals surface area contributed by atoms with E-state index in [-0.39, 0.29) is 77.9 Å². The number of carbonyl (C=O) groups is 6. The van der Waals surface area contributed by atoms with Gasteiger partial charge in [-0.3, -0.25) is 19.2 Å². The summed E-state index contributed by atoms with van der Waals surface area (Å²) in [6, 6.07) is 41.0. The van der Waals surface area contributed by atoms with Crippen molar-refractivity contribution in [1.82, 2.24) is 10.6 Å². The quantitative estimate of drug-likeness (QED) is 0.0711. The molecule has 10 rings (SSSR count). The summed E-state index contributed by atoms with van der Waals surface area (Å²) in [6.45, 7) is 3.51. The van der Waals surface area contributed by atoms with Crippen molar-refractivity contribution in [2.45, 2.75) is 26.9 Å². The number of carboxylic acids is 2. The number of aromatic carboxylic acids is 2. The standard InChI is InChI=1S/C60H41Cl3N6O10/c1-32-44(57(72)68(66-32)40-12-6-10-37(24-40)59(74)75)28-41-17-22-53(78-41)36-15-20-50(62)48(26-36)56(71)65-31-39-11-7-13-43(54(39)63)46-27-38(60(76)77)16-21-51(46)69-58(73)45(33(2)67-69)29-42-18-23-52(79-42)35-14-19-49(61)47(25-35)55(70)64-30-34-8-4-3-5-9-34/h3-29H,30-31H2,1-2H3,(H,64,70)(H,65,71)(H,74,75)(H,76,77)/b44-28-,45-29-. The van der Waals surface area contributed by atoms with Crippen LogP contribution in [0.1, 0.15) is 77.9 Å². The van der Waals surface area contributed by atoms with Crippen molar-refractivity contribution in [3.8, 4) is 33.8 Å². The number of nitrogens with one attached hydrogen (secondary N) is 2. The van der Waals surface area contributed by atoms with Gasteiger partial charge in [0, 0.05) is 35.3 Å². The number of anilines is 2. The number of nitrogens with zero attached hydrogens (tertiary/aromatic N) is 4. The Morgan fingerprint density at radius 1 is 0.557 bits per heavy atom. The Morgan fingerprint density at radius 2 is 1.10 bits per heavy atom. The summed E-state index contributed by atoms with van der Waals surface area (Å²) in [4.78, 5) is 78.6. The van der Waals surface area contributed by atoms with E-state index in [0.717, 1.165) is 15.6 Å². The van der Waals surface area contributed by atoms with E-state index in [1.54, 1.807) is 105 Å². The maximum absolute atomic E-state index is 14.3. The van der Waals surface area contributed by atoms with Crippen LogP contribution in [0.3, 0.4) is 0 Å². The summed E-state index contributed by atoms with van der Waals surface area (Å²) in [5, 5.41) is 37.0. The first-order valence-electron chi connectivity index (χ1n) is 24.1. The number of hydrogen-bond donors (Lipinski definition) is 4. The first kappa shape index (κ1) is 52.8. The zero-order chi connectivity index (χ0) is 55.6. The fourth-order valence-corrected chi connectivity index (χ4v) is 9.48. The van der Waals surface area contributed by atoms with E-state index in [4.69, 9.17) is 43.6 Å². The fourth-order valence-electron chi connectivity index (χ4n) is 8.78. The molecule has 2 aliphatic heterocycles. The van der Waals surface area contributed by atoms with Crippen molar-refractivity contribution >= 4 is 105 Å². The summed E-state index contributed by atoms with van der Waals surface area (Å²) in [7, 11) is 0. The Labute approximate surface area is 465 Å². The Kier molecular flexibility index (Phi) is 14.8. The van der Waals surface area contributed by atoms with Gasteiger partial charge in [-0.05, 0) is 134 Å². The second-order valence-electron chi connectivity index (χ2n) is 18.0. The SMILES string of the molecule is CC1=NN(c2cccc(C(=O)O)c2)C(=O)/C1=C\c1ccc(-c2ccc(Cl)c(C(=O)NCc3cccc(-c4cc(C(=O)O)ccc4N4N=C(C)/C(=C/c5ccc(-c6ccc(Cl)c(C(=O)NCc7ccccc7)c6)o5)C4=O)c3Cl)c2)o1. The average Bonchev–Trinajstić information content (AvgIpc) is 4.33. The zero-order valence-corrected chi connectivity index (χ0v) is 43.9. The largest absolute Gasteiger partial charge is 0.478 e. The average molecular weight is 1110 g/mol. The van der Waals surface area contributed by atoms with Crippen molar-refractivity contribution in [2.75, 3.05) is 10.0 Å². The predicted octanol–water partition coefficient (Wildman–Crippen LogP) is 12.7. The highest BCUT2D eigenvalue weighted by Crippen LogP contribution is 2.41. The van der Waals surface area contributed by atoms with E-state index < -0.39 is 29.7 Å². The number of hydrogen-bond acceptors (Lipinski definition) is 10. The Hall–Kier alpha value is -9.61. The molecule has 0 saturated carbocycles. The lowest BCUT2D eigenvalue weighted by atomic mass is 9.98. The van der Waals surface area contributed by atoms with E-state index in [9.17, 15) is 39.0 Å². The molecule has 392 valence electrons. The topological polar surface area (TPSA) is 224 Å². The molecule has 4 N–H and O–H groups in total. The van der Waals surface area contributed by atoms with Crippen LogP contribution in [0.2, 0.25) is 15.1 Å². The van der Waals surface area contributed by atoms with Crippen LogP contribution in [0.25, 0.3) is 45.9 Å². The minimum Gasteiger partial charge on any atom is -0.478 e. The van der Waals surface area contributed by atoms with E-state index in [1.807, 2.05) is 30.3 Å². The molecule has 0 bridgehead atoms. The van der Waals surface area contributed by atoms with Crippen molar-refractivity contribution < 1.29 is 47.8 Å². The van der Waals surface area contributed by atoms with Gasteiger partial charge in [0.25, 0.3) is 23.6 Å². The number of carboxylic acid groups (broad SMARTS) is 2. The second-order valence-corrected chi connectivity index (χ2v) is 19.2.